The summed E-state index contributed by atoms with van der Waals surface area (Å²) in [6.45, 7) is 7.84. The molecule has 2 heterocycles. The van der Waals surface area contributed by atoms with E-state index in [9.17, 15) is 14.7 Å². The predicted molar refractivity (Wildman–Crippen MR) is 176 cm³/mol. The molecule has 7 nitrogen and oxygen atoms in total. The Hall–Kier alpha value is -4.72. The number of halogens is 1. The molecule has 0 radical (unpaired) electrons. The minimum atomic E-state index is -0.937. The van der Waals surface area contributed by atoms with Gasteiger partial charge in [-0.15, -0.1) is 0 Å². The maximum Gasteiger partial charge on any atom is 0.335 e. The van der Waals surface area contributed by atoms with E-state index in [-0.39, 0.29) is 11.5 Å². The molecule has 1 saturated heterocycles. The Bertz CT molecular complexity index is 1740. The van der Waals surface area contributed by atoms with Gasteiger partial charge in [0.25, 0.3) is 0 Å². The summed E-state index contributed by atoms with van der Waals surface area (Å²) < 4.78 is 0. The summed E-state index contributed by atoms with van der Waals surface area (Å²) >= 11 is 6.25. The molecule has 0 atom stereocenters. The van der Waals surface area contributed by atoms with Gasteiger partial charge in [0.2, 0.25) is 5.91 Å². The van der Waals surface area contributed by atoms with Crippen LogP contribution in [0.1, 0.15) is 33.5 Å². The van der Waals surface area contributed by atoms with Crippen LogP contribution in [0.3, 0.4) is 0 Å². The van der Waals surface area contributed by atoms with Crippen LogP contribution in [0, 0.1) is 0 Å². The second-order valence-corrected chi connectivity index (χ2v) is 11.5. The van der Waals surface area contributed by atoms with Crippen LogP contribution in [-0.2, 0) is 11.2 Å². The van der Waals surface area contributed by atoms with Crippen molar-refractivity contribution in [2.45, 2.75) is 12.8 Å². The summed E-state index contributed by atoms with van der Waals surface area (Å²) in [5, 5.41) is 13.2. The third kappa shape index (κ3) is 6.30. The lowest BCUT2D eigenvalue weighted by molar-refractivity contribution is -0.111. The summed E-state index contributed by atoms with van der Waals surface area (Å²) in [6.07, 6.45) is 6.56. The highest BCUT2D eigenvalue weighted by molar-refractivity contribution is 6.30. The number of aromatic carboxylic acids is 1. The van der Waals surface area contributed by atoms with Crippen molar-refractivity contribution < 1.29 is 14.7 Å². The van der Waals surface area contributed by atoms with Gasteiger partial charge in [-0.25, -0.2) is 4.79 Å². The van der Waals surface area contributed by atoms with Crippen LogP contribution in [-0.4, -0.2) is 59.6 Å². The third-order valence-corrected chi connectivity index (χ3v) is 8.62. The van der Waals surface area contributed by atoms with Gasteiger partial charge in [0.05, 0.1) is 5.56 Å². The fraction of sp³-hybridized carbons (Fsp3) is 0.194. The van der Waals surface area contributed by atoms with Crippen molar-refractivity contribution in [3.63, 3.8) is 0 Å². The summed E-state index contributed by atoms with van der Waals surface area (Å²) in [7, 11) is 0. The minimum absolute atomic E-state index is 0.222. The number of carboxylic acid groups (broad SMARTS) is 1. The standard InChI is InChI=1S/C36H33ClN4O3/c1-2-34(42)39-30-10-11-31-26(21-30)3-4-28(35(31)25-5-8-29(37)9-6-25)23-40-17-19-41(20-18-40)33-12-7-27(36(43)44)22-32(33)24-13-15-38-16-14-24/h2,5-16,21-22H,1,3-4,17-20,23H2,(H,39,42)(H,43,44). The van der Waals surface area contributed by atoms with E-state index in [0.29, 0.717) is 5.02 Å². The van der Waals surface area contributed by atoms with Gasteiger partial charge in [0.15, 0.2) is 0 Å². The van der Waals surface area contributed by atoms with E-state index in [0.717, 1.165) is 73.6 Å². The molecule has 1 amide bonds. The number of carbonyl (C=O) groups is 2. The van der Waals surface area contributed by atoms with E-state index < -0.39 is 5.97 Å². The zero-order chi connectivity index (χ0) is 30.6. The number of nitrogens with one attached hydrogen (secondary N) is 1. The second kappa shape index (κ2) is 12.9. The molecule has 2 N–H and O–H groups in total. The number of nitrogens with zero attached hydrogens (tertiary/aromatic N) is 3. The highest BCUT2D eigenvalue weighted by Gasteiger charge is 2.26. The molecule has 3 aromatic carbocycles. The number of pyridine rings is 1. The SMILES string of the molecule is C=CC(=O)Nc1ccc2c(c1)CCC(CN1CCN(c3ccc(C(=O)O)cc3-c3ccncc3)CC1)=C2c1ccc(Cl)cc1. The highest BCUT2D eigenvalue weighted by Crippen LogP contribution is 2.39. The Morgan fingerprint density at radius 1 is 0.886 bits per heavy atom. The molecule has 0 saturated carbocycles. The number of rotatable bonds is 8. The summed E-state index contributed by atoms with van der Waals surface area (Å²) in [5.74, 6) is -1.16. The minimum Gasteiger partial charge on any atom is -0.478 e. The van der Waals surface area contributed by atoms with E-state index in [1.54, 1.807) is 24.5 Å². The number of benzene rings is 3. The Kier molecular flexibility index (Phi) is 8.59. The number of fused-ring (bicyclic) bond motifs is 1. The molecule has 1 aromatic heterocycles. The summed E-state index contributed by atoms with van der Waals surface area (Å²) in [4.78, 5) is 32.6. The molecule has 1 aliphatic carbocycles. The maximum atomic E-state index is 11.9. The molecule has 44 heavy (non-hydrogen) atoms. The number of amides is 1. The molecule has 1 aliphatic heterocycles. The topological polar surface area (TPSA) is 85.8 Å². The third-order valence-electron chi connectivity index (χ3n) is 8.37. The first-order chi connectivity index (χ1) is 21.4. The van der Waals surface area contributed by atoms with Crippen molar-refractivity contribution in [2.75, 3.05) is 42.9 Å². The molecule has 2 aliphatic rings. The largest absolute Gasteiger partial charge is 0.478 e. The second-order valence-electron chi connectivity index (χ2n) is 11.1. The maximum absolute atomic E-state index is 11.9. The molecule has 8 heteroatoms. The zero-order valence-electron chi connectivity index (χ0n) is 24.3. The van der Waals surface area contributed by atoms with Crippen molar-refractivity contribution in [2.24, 2.45) is 0 Å². The van der Waals surface area contributed by atoms with E-state index >= 15 is 0 Å². The van der Waals surface area contributed by atoms with E-state index in [2.05, 4.69) is 50.9 Å². The molecule has 1 fully saturated rings. The van der Waals surface area contributed by atoms with Crippen LogP contribution in [0.2, 0.25) is 5.02 Å². The van der Waals surface area contributed by atoms with Crippen molar-refractivity contribution in [3.8, 4) is 11.1 Å². The molecule has 0 spiro atoms. The van der Waals surface area contributed by atoms with Crippen molar-refractivity contribution in [1.29, 1.82) is 0 Å². The van der Waals surface area contributed by atoms with Crippen LogP contribution >= 0.6 is 11.6 Å². The van der Waals surface area contributed by atoms with Gasteiger partial charge in [0.1, 0.15) is 0 Å². The lowest BCUT2D eigenvalue weighted by Gasteiger charge is -2.38. The van der Waals surface area contributed by atoms with Gasteiger partial charge in [-0.2, -0.15) is 0 Å². The number of carboxylic acids is 1. The first kappa shape index (κ1) is 29.4. The smallest absolute Gasteiger partial charge is 0.335 e. The van der Waals surface area contributed by atoms with Crippen molar-refractivity contribution in [3.05, 3.63) is 131 Å². The summed E-state index contributed by atoms with van der Waals surface area (Å²) in [6, 6.07) is 23.4. The van der Waals surface area contributed by atoms with Gasteiger partial charge in [-0.05, 0) is 107 Å². The van der Waals surface area contributed by atoms with Crippen LogP contribution in [0.4, 0.5) is 11.4 Å². The molecule has 222 valence electrons. The molecule has 4 aromatic rings. The van der Waals surface area contributed by atoms with E-state index in [1.165, 1.54) is 28.3 Å². The van der Waals surface area contributed by atoms with Gasteiger partial charge >= 0.3 is 5.97 Å². The number of anilines is 2. The average molecular weight is 605 g/mol. The van der Waals surface area contributed by atoms with Crippen LogP contribution in [0.25, 0.3) is 16.7 Å². The lowest BCUT2D eigenvalue weighted by atomic mass is 9.81. The van der Waals surface area contributed by atoms with Gasteiger partial charge < -0.3 is 15.3 Å². The molecule has 0 bridgehead atoms. The van der Waals surface area contributed by atoms with Crippen LogP contribution in [0.15, 0.2) is 103 Å². The highest BCUT2D eigenvalue weighted by atomic mass is 35.5. The number of aromatic nitrogens is 1. The Morgan fingerprint density at radius 3 is 2.34 bits per heavy atom. The van der Waals surface area contributed by atoms with Crippen molar-refractivity contribution in [1.82, 2.24) is 9.88 Å². The lowest BCUT2D eigenvalue weighted by Crippen LogP contribution is -2.47. The van der Waals surface area contributed by atoms with Gasteiger partial charge in [0, 0.05) is 67.1 Å². The predicted octanol–water partition coefficient (Wildman–Crippen LogP) is 6.80. The average Bonchev–Trinajstić information content (AvgIpc) is 3.05. The molecular formula is C36H33ClN4O3. The van der Waals surface area contributed by atoms with E-state index in [1.807, 2.05) is 36.4 Å². The van der Waals surface area contributed by atoms with Gasteiger partial charge in [-0.1, -0.05) is 36.4 Å². The number of carbonyl (C=O) groups excluding carboxylic acids is 1. The fourth-order valence-electron chi connectivity index (χ4n) is 6.18. The number of aryl methyl sites for hydroxylation is 1. The Balaban J connectivity index is 1.25. The van der Waals surface area contributed by atoms with Crippen molar-refractivity contribution >= 4 is 40.4 Å². The number of piperazine rings is 1. The number of hydrogen-bond acceptors (Lipinski definition) is 5. The monoisotopic (exact) mass is 604 g/mol. The van der Waals surface area contributed by atoms with Gasteiger partial charge in [-0.3, -0.25) is 14.7 Å². The Labute approximate surface area is 262 Å². The molecule has 0 unspecified atom stereocenters. The molecule has 6 rings (SSSR count). The first-order valence-corrected chi connectivity index (χ1v) is 15.1. The molecular weight excluding hydrogens is 572 g/mol. The quantitative estimate of drug-likeness (QED) is 0.215. The Morgan fingerprint density at radius 2 is 1.64 bits per heavy atom. The number of hydrogen-bond donors (Lipinski definition) is 2. The normalized spacial score (nSPS) is 15.1. The van der Waals surface area contributed by atoms with E-state index in [4.69, 9.17) is 11.6 Å². The van der Waals surface area contributed by atoms with Crippen LogP contribution < -0.4 is 10.2 Å². The van der Waals surface area contributed by atoms with Crippen LogP contribution in [0.5, 0.6) is 0 Å². The zero-order valence-corrected chi connectivity index (χ0v) is 25.1. The first-order valence-electron chi connectivity index (χ1n) is 14.7. The fourth-order valence-corrected chi connectivity index (χ4v) is 6.30. The summed E-state index contributed by atoms with van der Waals surface area (Å²) in [5.41, 5.74) is 10.1.